The molecule has 2 fully saturated rings. The number of nitrogens with one attached hydrogen (secondary N) is 1. The van der Waals surface area contributed by atoms with Crippen molar-refractivity contribution in [1.29, 1.82) is 0 Å². The molecule has 0 spiro atoms. The molecule has 5 nitrogen and oxygen atoms in total. The van der Waals surface area contributed by atoms with Gasteiger partial charge in [-0.25, -0.2) is 0 Å². The number of hydrogen-bond acceptors (Lipinski definition) is 4. The summed E-state index contributed by atoms with van der Waals surface area (Å²) < 4.78 is 5.05. The van der Waals surface area contributed by atoms with E-state index in [1.54, 1.807) is 7.11 Å². The lowest BCUT2D eigenvalue weighted by molar-refractivity contribution is -0.139. The van der Waals surface area contributed by atoms with Crippen LogP contribution in [-0.4, -0.2) is 74.2 Å². The van der Waals surface area contributed by atoms with Crippen molar-refractivity contribution in [2.45, 2.75) is 18.0 Å². The Morgan fingerprint density at radius 3 is 2.29 bits per heavy atom. The zero-order valence-corrected chi connectivity index (χ0v) is 16.5. The van der Waals surface area contributed by atoms with E-state index in [0.717, 1.165) is 32.7 Å². The van der Waals surface area contributed by atoms with Gasteiger partial charge in [0, 0.05) is 57.8 Å². The quantitative estimate of drug-likeness (QED) is 0.863. The molecule has 1 N–H and O–H groups in total. The van der Waals surface area contributed by atoms with E-state index in [2.05, 4.69) is 70.9 Å². The number of methoxy groups -OCH3 is 1. The van der Waals surface area contributed by atoms with Gasteiger partial charge in [0.1, 0.15) is 6.61 Å². The van der Waals surface area contributed by atoms with E-state index in [0.29, 0.717) is 18.0 Å². The highest BCUT2D eigenvalue weighted by Gasteiger charge is 2.40. The third-order valence-corrected chi connectivity index (χ3v) is 6.01. The summed E-state index contributed by atoms with van der Waals surface area (Å²) in [6.45, 7) is 4.48. The lowest BCUT2D eigenvalue weighted by Crippen LogP contribution is -2.67. The smallest absolute Gasteiger partial charge is 0.248 e. The normalized spacial score (nSPS) is 22.9. The standard InChI is InChI=1S/C23H29N3O2/c1-28-17-22(27)25-12-13-26-20(16-25)14-24-15-21(26)23(18-8-4-2-5-9-18)19-10-6-3-7-11-19/h2-11,20-21,23-24H,12-17H2,1H3/t20-,21+/m1/s1. The molecule has 2 heterocycles. The molecule has 1 amide bonds. The summed E-state index contributed by atoms with van der Waals surface area (Å²) in [5.41, 5.74) is 2.69. The highest BCUT2D eigenvalue weighted by molar-refractivity contribution is 5.77. The second-order valence-corrected chi connectivity index (χ2v) is 7.69. The Morgan fingerprint density at radius 2 is 1.68 bits per heavy atom. The maximum absolute atomic E-state index is 12.3. The molecular formula is C23H29N3O2. The Morgan fingerprint density at radius 1 is 1.04 bits per heavy atom. The summed E-state index contributed by atoms with van der Waals surface area (Å²) >= 11 is 0. The lowest BCUT2D eigenvalue weighted by Gasteiger charge is -2.50. The predicted octanol–water partition coefficient (Wildman–Crippen LogP) is 1.95. The summed E-state index contributed by atoms with van der Waals surface area (Å²) in [4.78, 5) is 16.9. The average Bonchev–Trinajstić information content (AvgIpc) is 2.75. The molecule has 0 aromatic heterocycles. The second-order valence-electron chi connectivity index (χ2n) is 7.69. The number of ether oxygens (including phenoxy) is 1. The first-order valence-electron chi connectivity index (χ1n) is 10.1. The van der Waals surface area contributed by atoms with Gasteiger partial charge < -0.3 is 15.0 Å². The number of rotatable bonds is 5. The summed E-state index contributed by atoms with van der Waals surface area (Å²) in [6, 6.07) is 22.3. The van der Waals surface area contributed by atoms with Gasteiger partial charge in [0.05, 0.1) is 0 Å². The fourth-order valence-corrected chi connectivity index (χ4v) is 4.71. The van der Waals surface area contributed by atoms with Crippen LogP contribution in [0.5, 0.6) is 0 Å². The fraction of sp³-hybridized carbons (Fsp3) is 0.435. The van der Waals surface area contributed by atoms with Crippen molar-refractivity contribution in [2.75, 3.05) is 46.4 Å². The van der Waals surface area contributed by atoms with Crippen LogP contribution in [0.3, 0.4) is 0 Å². The number of benzene rings is 2. The molecule has 0 radical (unpaired) electrons. The number of carbonyl (C=O) groups excluding carboxylic acids is 1. The zero-order chi connectivity index (χ0) is 19.3. The van der Waals surface area contributed by atoms with Gasteiger partial charge in [-0.05, 0) is 11.1 Å². The van der Waals surface area contributed by atoms with Crippen LogP contribution in [-0.2, 0) is 9.53 Å². The summed E-state index contributed by atoms with van der Waals surface area (Å²) in [5.74, 6) is 0.394. The van der Waals surface area contributed by atoms with Crippen LogP contribution in [0.15, 0.2) is 60.7 Å². The Balaban J connectivity index is 1.60. The largest absolute Gasteiger partial charge is 0.375 e. The van der Waals surface area contributed by atoms with Crippen LogP contribution in [0.2, 0.25) is 0 Å². The van der Waals surface area contributed by atoms with E-state index in [1.807, 2.05) is 4.90 Å². The van der Waals surface area contributed by atoms with Crippen LogP contribution in [0.1, 0.15) is 17.0 Å². The summed E-state index contributed by atoms with van der Waals surface area (Å²) in [5, 5.41) is 3.63. The van der Waals surface area contributed by atoms with Crippen LogP contribution in [0, 0.1) is 0 Å². The molecule has 0 bridgehead atoms. The van der Waals surface area contributed by atoms with Crippen molar-refractivity contribution in [3.05, 3.63) is 71.8 Å². The van der Waals surface area contributed by atoms with Crippen molar-refractivity contribution in [3.63, 3.8) is 0 Å². The third-order valence-electron chi connectivity index (χ3n) is 6.01. The lowest BCUT2D eigenvalue weighted by atomic mass is 9.82. The van der Waals surface area contributed by atoms with E-state index in [9.17, 15) is 4.79 Å². The fourth-order valence-electron chi connectivity index (χ4n) is 4.71. The molecule has 2 aromatic rings. The third kappa shape index (κ3) is 3.97. The molecular weight excluding hydrogens is 350 g/mol. The predicted molar refractivity (Wildman–Crippen MR) is 110 cm³/mol. The van der Waals surface area contributed by atoms with E-state index in [-0.39, 0.29) is 12.5 Å². The van der Waals surface area contributed by atoms with Gasteiger partial charge in [-0.15, -0.1) is 0 Å². The number of amides is 1. The van der Waals surface area contributed by atoms with Crippen molar-refractivity contribution in [2.24, 2.45) is 0 Å². The number of carbonyl (C=O) groups is 1. The number of nitrogens with zero attached hydrogens (tertiary/aromatic N) is 2. The molecule has 2 aliphatic heterocycles. The SMILES string of the molecule is COCC(=O)N1CCN2[C@H](CNC[C@H]2C(c2ccccc2)c2ccccc2)C1. The van der Waals surface area contributed by atoms with Crippen molar-refractivity contribution in [3.8, 4) is 0 Å². The van der Waals surface area contributed by atoms with Crippen LogP contribution < -0.4 is 5.32 Å². The van der Waals surface area contributed by atoms with Gasteiger partial charge in [0.2, 0.25) is 5.91 Å². The van der Waals surface area contributed by atoms with E-state index in [1.165, 1.54) is 11.1 Å². The Labute approximate surface area is 167 Å². The second kappa shape index (κ2) is 8.86. The molecule has 2 atom stereocenters. The Hall–Kier alpha value is -2.21. The van der Waals surface area contributed by atoms with Crippen molar-refractivity contribution < 1.29 is 9.53 Å². The Bertz CT molecular complexity index is 728. The molecule has 148 valence electrons. The van der Waals surface area contributed by atoms with E-state index >= 15 is 0 Å². The molecule has 5 heteroatoms. The van der Waals surface area contributed by atoms with Gasteiger partial charge in [0.15, 0.2) is 0 Å². The first-order chi connectivity index (χ1) is 13.8. The highest BCUT2D eigenvalue weighted by atomic mass is 16.5. The zero-order valence-electron chi connectivity index (χ0n) is 16.5. The van der Waals surface area contributed by atoms with Gasteiger partial charge in [-0.1, -0.05) is 60.7 Å². The number of hydrogen-bond donors (Lipinski definition) is 1. The molecule has 28 heavy (non-hydrogen) atoms. The Kier molecular flexibility index (Phi) is 6.05. The first kappa shape index (κ1) is 19.1. The average molecular weight is 380 g/mol. The molecule has 2 aliphatic rings. The monoisotopic (exact) mass is 379 g/mol. The minimum absolute atomic E-state index is 0.0898. The van der Waals surface area contributed by atoms with Crippen molar-refractivity contribution >= 4 is 5.91 Å². The number of fused-ring (bicyclic) bond motifs is 1. The molecule has 0 aliphatic carbocycles. The van der Waals surface area contributed by atoms with E-state index < -0.39 is 0 Å². The van der Waals surface area contributed by atoms with Gasteiger partial charge in [-0.2, -0.15) is 0 Å². The number of piperazine rings is 2. The maximum atomic E-state index is 12.3. The minimum atomic E-state index is 0.0898. The molecule has 4 rings (SSSR count). The minimum Gasteiger partial charge on any atom is -0.375 e. The van der Waals surface area contributed by atoms with Crippen LogP contribution in [0.4, 0.5) is 0 Å². The first-order valence-corrected chi connectivity index (χ1v) is 10.1. The van der Waals surface area contributed by atoms with Gasteiger partial charge in [0.25, 0.3) is 0 Å². The molecule has 2 aromatic carbocycles. The van der Waals surface area contributed by atoms with Crippen LogP contribution in [0.25, 0.3) is 0 Å². The molecule has 2 saturated heterocycles. The highest BCUT2D eigenvalue weighted by Crippen LogP contribution is 2.33. The van der Waals surface area contributed by atoms with E-state index in [4.69, 9.17) is 4.74 Å². The summed E-state index contributed by atoms with van der Waals surface area (Å²) in [6.07, 6.45) is 0. The topological polar surface area (TPSA) is 44.8 Å². The molecule has 0 unspecified atom stereocenters. The summed E-state index contributed by atoms with van der Waals surface area (Å²) in [7, 11) is 1.58. The van der Waals surface area contributed by atoms with Crippen molar-refractivity contribution in [1.82, 2.24) is 15.1 Å². The maximum Gasteiger partial charge on any atom is 0.248 e. The van der Waals surface area contributed by atoms with Gasteiger partial charge >= 0.3 is 0 Å². The van der Waals surface area contributed by atoms with Gasteiger partial charge in [-0.3, -0.25) is 9.69 Å². The molecule has 0 saturated carbocycles. The van der Waals surface area contributed by atoms with Crippen LogP contribution >= 0.6 is 0 Å².